The van der Waals surface area contributed by atoms with E-state index in [1.54, 1.807) is 11.3 Å². The topological polar surface area (TPSA) is 38.0 Å². The molecule has 3 rings (SSSR count). The molecule has 2 aromatic rings. The van der Waals surface area contributed by atoms with Crippen molar-refractivity contribution in [2.45, 2.75) is 30.7 Å². The van der Waals surface area contributed by atoms with Gasteiger partial charge in [0.05, 0.1) is 6.04 Å². The van der Waals surface area contributed by atoms with Crippen LogP contribution < -0.4 is 11.3 Å². The van der Waals surface area contributed by atoms with Crippen LogP contribution in [-0.4, -0.2) is 0 Å². The number of hydrazine groups is 1. The highest BCUT2D eigenvalue weighted by Gasteiger charge is 2.46. The fraction of sp³-hybridized carbons (Fsp3) is 0.333. The molecule has 0 saturated heterocycles. The number of hydrogen-bond acceptors (Lipinski definition) is 3. The maximum Gasteiger partial charge on any atom is 0.0575 e. The van der Waals surface area contributed by atoms with Gasteiger partial charge in [-0.05, 0) is 45.3 Å². The quantitative estimate of drug-likeness (QED) is 0.650. The second-order valence-corrected chi connectivity index (χ2v) is 6.75. The minimum absolute atomic E-state index is 0.138. The van der Waals surface area contributed by atoms with Gasteiger partial charge in [-0.25, -0.2) is 0 Å². The van der Waals surface area contributed by atoms with Gasteiger partial charge in [-0.15, -0.1) is 0 Å². The summed E-state index contributed by atoms with van der Waals surface area (Å²) >= 11 is 5.35. The fourth-order valence-corrected chi connectivity index (χ4v) is 4.67. The highest BCUT2D eigenvalue weighted by Crippen LogP contribution is 2.53. The molecule has 0 bridgehead atoms. The molecule has 19 heavy (non-hydrogen) atoms. The van der Waals surface area contributed by atoms with E-state index in [1.807, 2.05) is 0 Å². The average Bonchev–Trinajstić information content (AvgIpc) is 2.81. The van der Waals surface area contributed by atoms with Crippen molar-refractivity contribution in [2.24, 2.45) is 5.84 Å². The van der Waals surface area contributed by atoms with E-state index in [1.165, 1.54) is 30.4 Å². The van der Waals surface area contributed by atoms with Crippen LogP contribution in [0.2, 0.25) is 0 Å². The molecular formula is C15H17BrN2S. The van der Waals surface area contributed by atoms with Gasteiger partial charge in [0.15, 0.2) is 0 Å². The monoisotopic (exact) mass is 336 g/mol. The zero-order valence-electron chi connectivity index (χ0n) is 10.6. The number of halogens is 1. The Hall–Kier alpha value is -0.680. The zero-order valence-corrected chi connectivity index (χ0v) is 13.0. The van der Waals surface area contributed by atoms with Crippen LogP contribution in [-0.2, 0) is 5.41 Å². The minimum Gasteiger partial charge on any atom is -0.271 e. The first-order valence-corrected chi connectivity index (χ1v) is 8.25. The van der Waals surface area contributed by atoms with Crippen molar-refractivity contribution >= 4 is 27.3 Å². The Morgan fingerprint density at radius 2 is 1.95 bits per heavy atom. The Morgan fingerprint density at radius 3 is 2.42 bits per heavy atom. The van der Waals surface area contributed by atoms with Crippen LogP contribution >= 0.6 is 27.3 Å². The maximum absolute atomic E-state index is 5.90. The summed E-state index contributed by atoms with van der Waals surface area (Å²) in [5, 5.41) is 4.31. The van der Waals surface area contributed by atoms with Crippen LogP contribution in [0.1, 0.15) is 36.4 Å². The molecule has 1 aromatic heterocycles. The Bertz CT molecular complexity index is 548. The highest BCUT2D eigenvalue weighted by atomic mass is 79.9. The van der Waals surface area contributed by atoms with Crippen LogP contribution in [0.5, 0.6) is 0 Å². The van der Waals surface area contributed by atoms with Crippen molar-refractivity contribution in [1.29, 1.82) is 0 Å². The molecule has 0 aliphatic heterocycles. The first-order valence-electron chi connectivity index (χ1n) is 6.51. The SMILES string of the molecule is NNC(c1cscc1Br)C1(c2ccccc2)CCC1. The molecule has 1 aliphatic rings. The smallest absolute Gasteiger partial charge is 0.0575 e. The summed E-state index contributed by atoms with van der Waals surface area (Å²) in [6.45, 7) is 0. The molecule has 100 valence electrons. The van der Waals surface area contributed by atoms with E-state index >= 15 is 0 Å². The lowest BCUT2D eigenvalue weighted by Gasteiger charge is -2.48. The molecule has 1 fully saturated rings. The van der Waals surface area contributed by atoms with Crippen LogP contribution in [0, 0.1) is 0 Å². The number of nitrogens with one attached hydrogen (secondary N) is 1. The van der Waals surface area contributed by atoms with Gasteiger partial charge in [0.2, 0.25) is 0 Å². The van der Waals surface area contributed by atoms with E-state index in [0.29, 0.717) is 0 Å². The van der Waals surface area contributed by atoms with Gasteiger partial charge < -0.3 is 0 Å². The van der Waals surface area contributed by atoms with Gasteiger partial charge in [0, 0.05) is 15.3 Å². The molecule has 1 heterocycles. The predicted octanol–water partition coefficient (Wildman–Crippen LogP) is 4.14. The number of hydrogen-bond donors (Lipinski definition) is 2. The number of benzene rings is 1. The molecule has 1 aromatic carbocycles. The molecule has 4 heteroatoms. The Labute approximate surface area is 126 Å². The number of rotatable bonds is 4. The van der Waals surface area contributed by atoms with E-state index in [2.05, 4.69) is 62.4 Å². The summed E-state index contributed by atoms with van der Waals surface area (Å²) in [6, 6.07) is 10.9. The zero-order chi connectivity index (χ0) is 13.3. The van der Waals surface area contributed by atoms with Gasteiger partial charge in [-0.3, -0.25) is 11.3 Å². The average molecular weight is 337 g/mol. The Morgan fingerprint density at radius 1 is 1.21 bits per heavy atom. The minimum atomic E-state index is 0.138. The molecule has 3 N–H and O–H groups in total. The predicted molar refractivity (Wildman–Crippen MR) is 84.1 cm³/mol. The second-order valence-electron chi connectivity index (χ2n) is 5.15. The van der Waals surface area contributed by atoms with Crippen molar-refractivity contribution in [3.05, 3.63) is 56.7 Å². The summed E-state index contributed by atoms with van der Waals surface area (Å²) in [5.41, 5.74) is 5.87. The lowest BCUT2D eigenvalue weighted by molar-refractivity contribution is 0.170. The van der Waals surface area contributed by atoms with Crippen LogP contribution in [0.3, 0.4) is 0 Å². The maximum atomic E-state index is 5.90. The molecule has 0 spiro atoms. The van der Waals surface area contributed by atoms with Crippen molar-refractivity contribution in [2.75, 3.05) is 0 Å². The third-order valence-corrected chi connectivity index (χ3v) is 6.02. The normalized spacial score (nSPS) is 18.8. The third kappa shape index (κ3) is 2.17. The van der Waals surface area contributed by atoms with Crippen molar-refractivity contribution < 1.29 is 0 Å². The summed E-state index contributed by atoms with van der Waals surface area (Å²) in [7, 11) is 0. The van der Waals surface area contributed by atoms with Crippen LogP contribution in [0.4, 0.5) is 0 Å². The molecule has 1 saturated carbocycles. The third-order valence-electron chi connectivity index (χ3n) is 4.27. The van der Waals surface area contributed by atoms with Crippen LogP contribution in [0.15, 0.2) is 45.6 Å². The van der Waals surface area contributed by atoms with Crippen molar-refractivity contribution in [3.8, 4) is 0 Å². The van der Waals surface area contributed by atoms with Gasteiger partial charge in [-0.1, -0.05) is 36.8 Å². The fourth-order valence-electron chi connectivity index (χ4n) is 3.12. The van der Waals surface area contributed by atoms with E-state index < -0.39 is 0 Å². The Balaban J connectivity index is 2.04. The summed E-state index contributed by atoms with van der Waals surface area (Å²) < 4.78 is 1.16. The van der Waals surface area contributed by atoms with E-state index in [9.17, 15) is 0 Å². The second kappa shape index (κ2) is 5.37. The summed E-state index contributed by atoms with van der Waals surface area (Å²) in [4.78, 5) is 0. The summed E-state index contributed by atoms with van der Waals surface area (Å²) in [5.74, 6) is 5.90. The van der Waals surface area contributed by atoms with Gasteiger partial charge in [0.1, 0.15) is 0 Å². The Kier molecular flexibility index (Phi) is 3.76. The molecule has 0 radical (unpaired) electrons. The van der Waals surface area contributed by atoms with E-state index in [-0.39, 0.29) is 11.5 Å². The number of nitrogens with two attached hydrogens (primary N) is 1. The molecule has 0 amide bonds. The van der Waals surface area contributed by atoms with Crippen molar-refractivity contribution in [3.63, 3.8) is 0 Å². The van der Waals surface area contributed by atoms with Gasteiger partial charge in [-0.2, -0.15) is 11.3 Å². The molecule has 1 atom stereocenters. The molecule has 2 nitrogen and oxygen atoms in total. The first kappa shape index (κ1) is 13.3. The number of thiophene rings is 1. The standard InChI is InChI=1S/C15H17BrN2S/c16-13-10-19-9-12(13)14(18-17)15(7-4-8-15)11-5-2-1-3-6-11/h1-3,5-6,9-10,14,18H,4,7-8,17H2. The van der Waals surface area contributed by atoms with Crippen molar-refractivity contribution in [1.82, 2.24) is 5.43 Å². The van der Waals surface area contributed by atoms with E-state index in [0.717, 1.165) is 4.47 Å². The lowest BCUT2D eigenvalue weighted by atomic mass is 9.59. The lowest BCUT2D eigenvalue weighted by Crippen LogP contribution is -2.48. The first-order chi connectivity index (χ1) is 9.28. The molecular weight excluding hydrogens is 320 g/mol. The van der Waals surface area contributed by atoms with Gasteiger partial charge in [0.25, 0.3) is 0 Å². The largest absolute Gasteiger partial charge is 0.271 e. The van der Waals surface area contributed by atoms with Crippen LogP contribution in [0.25, 0.3) is 0 Å². The van der Waals surface area contributed by atoms with E-state index in [4.69, 9.17) is 5.84 Å². The highest BCUT2D eigenvalue weighted by molar-refractivity contribution is 9.10. The molecule has 1 unspecified atom stereocenters. The van der Waals surface area contributed by atoms with Gasteiger partial charge >= 0.3 is 0 Å². The summed E-state index contributed by atoms with van der Waals surface area (Å²) in [6.07, 6.45) is 3.65. The molecule has 1 aliphatic carbocycles.